The van der Waals surface area contributed by atoms with Crippen molar-refractivity contribution >= 4 is 11.7 Å². The fraction of sp³-hybridized carbons (Fsp3) is 0.286. The molecule has 1 aromatic carbocycles. The first-order valence-electron chi connectivity index (χ1n) is 6.22. The molecule has 0 fully saturated rings. The second-order valence-electron chi connectivity index (χ2n) is 5.00. The van der Waals surface area contributed by atoms with Crippen molar-refractivity contribution < 1.29 is 53.9 Å². The summed E-state index contributed by atoms with van der Waals surface area (Å²) in [5.74, 6) is -4.50. The molecule has 0 radical (unpaired) electrons. The van der Waals surface area contributed by atoms with Gasteiger partial charge in [0.05, 0.1) is 22.5 Å². The number of hydrogen-bond acceptors (Lipinski definition) is 7. The van der Waals surface area contributed by atoms with Crippen molar-refractivity contribution in [1.82, 2.24) is 0 Å². The number of rotatable bonds is 3. The number of nitro benzene ring substituents is 1. The van der Waals surface area contributed by atoms with Crippen molar-refractivity contribution in [1.29, 1.82) is 5.26 Å². The Kier molecular flexibility index (Phi) is 5.77. The molecular formula is C14H11N2NaO6. The first-order chi connectivity index (χ1) is 10.2. The first kappa shape index (κ1) is 19.0. The molecule has 0 N–H and O–H groups in total. The summed E-state index contributed by atoms with van der Waals surface area (Å²) in [5, 5.41) is 31.8. The molecule has 0 aromatic heterocycles. The molecule has 0 aliphatic carbocycles. The van der Waals surface area contributed by atoms with Crippen molar-refractivity contribution in [2.45, 2.75) is 25.6 Å². The van der Waals surface area contributed by atoms with Crippen LogP contribution in [0.15, 0.2) is 35.8 Å². The maximum atomic E-state index is 11.9. The zero-order chi connectivity index (χ0) is 16.5. The second-order valence-corrected chi connectivity index (χ2v) is 5.00. The maximum Gasteiger partial charge on any atom is 1.00 e. The summed E-state index contributed by atoms with van der Waals surface area (Å²) in [7, 11) is 0. The Hall–Kier alpha value is -2.08. The Morgan fingerprint density at radius 3 is 2.26 bits per heavy atom. The molecule has 0 bridgehead atoms. The minimum Gasteiger partial charge on any atom is -0.575 e. The van der Waals surface area contributed by atoms with Crippen molar-refractivity contribution in [3.63, 3.8) is 0 Å². The Balaban J connectivity index is 0.00000264. The number of esters is 1. The summed E-state index contributed by atoms with van der Waals surface area (Å²) in [4.78, 5) is 22.0. The van der Waals surface area contributed by atoms with Gasteiger partial charge in [-0.05, 0) is 19.4 Å². The third-order valence-electron chi connectivity index (χ3n) is 2.97. The molecule has 0 spiro atoms. The van der Waals surface area contributed by atoms with E-state index in [4.69, 9.17) is 9.47 Å². The number of nitriles is 1. The van der Waals surface area contributed by atoms with Crippen molar-refractivity contribution in [2.75, 3.05) is 0 Å². The molecule has 23 heavy (non-hydrogen) atoms. The Bertz CT molecular complexity index is 705. The van der Waals surface area contributed by atoms with Gasteiger partial charge in [-0.3, -0.25) is 10.1 Å². The molecule has 1 heterocycles. The summed E-state index contributed by atoms with van der Waals surface area (Å²) in [6.45, 7) is 2.79. The summed E-state index contributed by atoms with van der Waals surface area (Å²) >= 11 is 0. The number of non-ortho nitro benzene ring substituents is 1. The predicted octanol–water partition coefficient (Wildman–Crippen LogP) is -1.91. The normalized spacial score (nSPS) is 17.2. The summed E-state index contributed by atoms with van der Waals surface area (Å²) in [6.07, 6.45) is 0. The van der Waals surface area contributed by atoms with Gasteiger partial charge < -0.3 is 14.6 Å². The van der Waals surface area contributed by atoms with E-state index in [0.717, 1.165) is 0 Å². The predicted molar refractivity (Wildman–Crippen MR) is 69.7 cm³/mol. The minimum absolute atomic E-state index is 0. The Morgan fingerprint density at radius 2 is 1.83 bits per heavy atom. The van der Waals surface area contributed by atoms with Gasteiger partial charge in [-0.25, -0.2) is 4.79 Å². The van der Waals surface area contributed by atoms with Crippen molar-refractivity contribution in [2.24, 2.45) is 0 Å². The molecular weight excluding hydrogens is 315 g/mol. The number of carbonyl (C=O) groups is 1. The number of hydrogen-bond donors (Lipinski definition) is 0. The van der Waals surface area contributed by atoms with Gasteiger partial charge in [0.25, 0.3) is 5.69 Å². The number of cyclic esters (lactones) is 1. The van der Waals surface area contributed by atoms with Gasteiger partial charge in [0.1, 0.15) is 5.92 Å². The summed E-state index contributed by atoms with van der Waals surface area (Å²) in [5.41, 5.74) is -0.354. The number of benzene rings is 1. The fourth-order valence-electron chi connectivity index (χ4n) is 1.99. The van der Waals surface area contributed by atoms with Crippen LogP contribution >= 0.6 is 0 Å². The molecule has 1 aliphatic heterocycles. The zero-order valence-corrected chi connectivity index (χ0v) is 14.7. The van der Waals surface area contributed by atoms with E-state index in [1.807, 2.05) is 6.07 Å². The van der Waals surface area contributed by atoms with Gasteiger partial charge in [0.15, 0.2) is 5.79 Å². The quantitative estimate of drug-likeness (QED) is 0.274. The molecule has 0 amide bonds. The van der Waals surface area contributed by atoms with Crippen molar-refractivity contribution in [3.8, 4) is 6.07 Å². The van der Waals surface area contributed by atoms with E-state index in [0.29, 0.717) is 0 Å². The van der Waals surface area contributed by atoms with Crippen LogP contribution in [0.3, 0.4) is 0 Å². The molecule has 114 valence electrons. The average molecular weight is 326 g/mol. The number of nitrogens with zero attached hydrogens (tertiary/aromatic N) is 2. The monoisotopic (exact) mass is 326 g/mol. The van der Waals surface area contributed by atoms with E-state index in [1.54, 1.807) is 0 Å². The van der Waals surface area contributed by atoms with Gasteiger partial charge in [0.2, 0.25) is 0 Å². The van der Waals surface area contributed by atoms with Gasteiger partial charge in [-0.15, -0.1) is 0 Å². The number of ether oxygens (including phenoxy) is 2. The molecule has 1 aliphatic rings. The van der Waals surface area contributed by atoms with Crippen LogP contribution in [0, 0.1) is 21.4 Å². The van der Waals surface area contributed by atoms with Crippen LogP contribution in [0.2, 0.25) is 0 Å². The molecule has 0 saturated carbocycles. The van der Waals surface area contributed by atoms with E-state index in [2.05, 4.69) is 0 Å². The third-order valence-corrected chi connectivity index (χ3v) is 2.97. The van der Waals surface area contributed by atoms with Crippen LogP contribution in [-0.2, 0) is 14.3 Å². The second kappa shape index (κ2) is 7.00. The van der Waals surface area contributed by atoms with Crippen LogP contribution in [-0.4, -0.2) is 16.7 Å². The molecule has 2 rings (SSSR count). The Labute approximate surface area is 153 Å². The SMILES string of the molecule is CC1(C)OC(=O)C(C(C#N)c2ccc([N+](=O)[O-])cc2)=C([O-])O1.[Na+]. The smallest absolute Gasteiger partial charge is 0.575 e. The molecule has 9 heteroatoms. The molecule has 1 unspecified atom stereocenters. The van der Waals surface area contributed by atoms with E-state index in [9.17, 15) is 25.3 Å². The Morgan fingerprint density at radius 1 is 1.26 bits per heavy atom. The molecule has 0 saturated heterocycles. The van der Waals surface area contributed by atoms with Crippen LogP contribution in [0.4, 0.5) is 5.69 Å². The average Bonchev–Trinajstić information content (AvgIpc) is 2.41. The summed E-state index contributed by atoms with van der Waals surface area (Å²) in [6, 6.07) is 6.79. The largest absolute Gasteiger partial charge is 1.00 e. The number of nitro groups is 1. The van der Waals surface area contributed by atoms with Gasteiger partial charge in [-0.2, -0.15) is 5.26 Å². The van der Waals surface area contributed by atoms with Gasteiger partial charge in [0, 0.05) is 12.1 Å². The van der Waals surface area contributed by atoms with Gasteiger partial charge >= 0.3 is 35.5 Å². The summed E-state index contributed by atoms with van der Waals surface area (Å²) < 4.78 is 9.89. The fourth-order valence-corrected chi connectivity index (χ4v) is 1.99. The maximum absolute atomic E-state index is 11.9. The van der Waals surface area contributed by atoms with Crippen LogP contribution in [0.25, 0.3) is 0 Å². The van der Waals surface area contributed by atoms with E-state index >= 15 is 0 Å². The van der Waals surface area contributed by atoms with Crippen molar-refractivity contribution in [3.05, 3.63) is 51.5 Å². The number of carbonyl (C=O) groups excluding carboxylic acids is 1. The molecule has 8 nitrogen and oxygen atoms in total. The van der Waals surface area contributed by atoms with E-state index < -0.39 is 34.1 Å². The van der Waals surface area contributed by atoms with Crippen LogP contribution in [0.5, 0.6) is 0 Å². The van der Waals surface area contributed by atoms with Crippen LogP contribution in [0.1, 0.15) is 25.3 Å². The van der Waals surface area contributed by atoms with E-state index in [-0.39, 0.29) is 40.8 Å². The van der Waals surface area contributed by atoms with E-state index in [1.165, 1.54) is 38.1 Å². The minimum atomic E-state index is -1.40. The third kappa shape index (κ3) is 4.01. The molecule has 1 atom stereocenters. The van der Waals surface area contributed by atoms with Crippen LogP contribution < -0.4 is 34.7 Å². The zero-order valence-electron chi connectivity index (χ0n) is 12.7. The first-order valence-corrected chi connectivity index (χ1v) is 6.22. The topological polar surface area (TPSA) is 126 Å². The molecule has 1 aromatic rings. The standard InChI is InChI=1S/C14H12N2O6.Na/c1-14(2)21-12(17)11(13(18)22-14)10(7-15)8-3-5-9(6-4-8)16(19)20;/h3-6,10,17H,1-2H3;/q;+1/p-1. The van der Waals surface area contributed by atoms with Gasteiger partial charge in [-0.1, -0.05) is 12.1 Å².